The smallest absolute Gasteiger partial charge is 0.335 e. The molecular formula is C34H38N8O4. The van der Waals surface area contributed by atoms with E-state index in [1.807, 2.05) is 44.2 Å². The number of nitrogens with zero attached hydrogens (tertiary/aromatic N) is 7. The topological polar surface area (TPSA) is 145 Å². The summed E-state index contributed by atoms with van der Waals surface area (Å²) in [5, 5.41) is 10.1. The van der Waals surface area contributed by atoms with Gasteiger partial charge in [0.25, 0.3) is 5.91 Å². The Kier molecular flexibility index (Phi) is 8.62. The zero-order valence-corrected chi connectivity index (χ0v) is 26.3. The van der Waals surface area contributed by atoms with Crippen LogP contribution in [0.15, 0.2) is 77.4 Å². The van der Waals surface area contributed by atoms with Gasteiger partial charge in [0.2, 0.25) is 0 Å². The van der Waals surface area contributed by atoms with Crippen LogP contribution in [0.5, 0.6) is 11.5 Å². The first-order valence-electron chi connectivity index (χ1n) is 15.5. The second kappa shape index (κ2) is 12.8. The molecule has 6 rings (SSSR count). The Morgan fingerprint density at radius 3 is 2.52 bits per heavy atom. The van der Waals surface area contributed by atoms with Crippen LogP contribution in [0.3, 0.4) is 0 Å². The average molecular weight is 623 g/mol. The summed E-state index contributed by atoms with van der Waals surface area (Å²) in [5.41, 5.74) is 6.92. The van der Waals surface area contributed by atoms with Gasteiger partial charge in [0.15, 0.2) is 11.5 Å². The highest BCUT2D eigenvalue weighted by atomic mass is 16.5. The number of piperidine rings is 1. The van der Waals surface area contributed by atoms with Gasteiger partial charge in [-0.1, -0.05) is 25.1 Å². The number of hydrogen-bond acceptors (Lipinski definition) is 9. The second-order valence-corrected chi connectivity index (χ2v) is 12.2. The van der Waals surface area contributed by atoms with Gasteiger partial charge in [-0.3, -0.25) is 18.8 Å². The Hall–Kier alpha value is -4.99. The van der Waals surface area contributed by atoms with E-state index in [1.165, 1.54) is 10.9 Å². The number of fused-ring (bicyclic) bond motifs is 1. The van der Waals surface area contributed by atoms with Gasteiger partial charge in [-0.25, -0.2) is 14.8 Å². The monoisotopic (exact) mass is 622 g/mol. The maximum Gasteiger partial charge on any atom is 0.335 e. The van der Waals surface area contributed by atoms with Crippen LogP contribution in [-0.4, -0.2) is 79.2 Å². The molecule has 1 atom stereocenters. The molecule has 12 heteroatoms. The molecule has 2 N–H and O–H groups in total. The molecule has 2 fully saturated rings. The fourth-order valence-corrected chi connectivity index (χ4v) is 6.56. The molecule has 4 aromatic rings. The van der Waals surface area contributed by atoms with Gasteiger partial charge < -0.3 is 20.1 Å². The van der Waals surface area contributed by atoms with E-state index in [2.05, 4.69) is 27.9 Å². The van der Waals surface area contributed by atoms with E-state index in [-0.39, 0.29) is 41.6 Å². The number of nitriles is 1. The number of benzene rings is 2. The van der Waals surface area contributed by atoms with Crippen LogP contribution in [-0.2, 0) is 9.53 Å². The molecule has 2 aromatic carbocycles. The van der Waals surface area contributed by atoms with Gasteiger partial charge in [0, 0.05) is 18.6 Å². The van der Waals surface area contributed by atoms with Crippen molar-refractivity contribution in [2.75, 3.05) is 38.6 Å². The largest absolute Gasteiger partial charge is 0.457 e. The zero-order valence-electron chi connectivity index (χ0n) is 26.3. The molecular weight excluding hydrogens is 584 g/mol. The number of ether oxygens (including phenoxy) is 2. The number of carbonyl (C=O) groups excluding carboxylic acids is 1. The van der Waals surface area contributed by atoms with Crippen LogP contribution in [0.25, 0.3) is 16.9 Å². The van der Waals surface area contributed by atoms with Gasteiger partial charge >= 0.3 is 5.69 Å². The lowest BCUT2D eigenvalue weighted by Crippen LogP contribution is -2.57. The third-order valence-corrected chi connectivity index (χ3v) is 8.79. The van der Waals surface area contributed by atoms with E-state index >= 15 is 0 Å². The van der Waals surface area contributed by atoms with E-state index in [9.17, 15) is 14.9 Å². The standard InChI is InChI=1S/C34H38N8O4/c1-4-40(26-20-45-21-26)34(2,3)17-23(18-35)32(43)39-16-8-9-25(19-39)42-31-29(30(36)37-22-38-31)41(33(42)44)24-12-14-28(15-13-24)46-27-10-6-5-7-11-27/h5-7,10-15,17,22,25-26H,4,8-9,16,19-21H2,1-3H3,(H2,36,37,38). The fraction of sp³-hybridized carbons (Fsp3) is 0.382. The summed E-state index contributed by atoms with van der Waals surface area (Å²) in [6.07, 6.45) is 4.41. The molecule has 2 aromatic heterocycles. The van der Waals surface area contributed by atoms with Crippen LogP contribution in [0.2, 0.25) is 0 Å². The molecule has 1 unspecified atom stereocenters. The van der Waals surface area contributed by atoms with Crippen molar-refractivity contribution in [1.82, 2.24) is 28.9 Å². The summed E-state index contributed by atoms with van der Waals surface area (Å²) in [7, 11) is 0. The average Bonchev–Trinajstić information content (AvgIpc) is 3.34. The van der Waals surface area contributed by atoms with Crippen LogP contribution >= 0.6 is 0 Å². The van der Waals surface area contributed by atoms with E-state index in [0.717, 1.165) is 6.54 Å². The Bertz CT molecular complexity index is 1850. The molecule has 0 aliphatic carbocycles. The number of carbonyl (C=O) groups is 1. The SMILES string of the molecule is CCN(C1COC1)C(C)(C)C=C(C#N)C(=O)N1CCCC(n2c(=O)n(-c3ccc(Oc4ccccc4)cc3)c3c(N)ncnc32)C1. The van der Waals surface area contributed by atoms with Gasteiger partial charge in [0.1, 0.15) is 35.0 Å². The summed E-state index contributed by atoms with van der Waals surface area (Å²) < 4.78 is 14.4. The molecule has 46 heavy (non-hydrogen) atoms. The van der Waals surface area contributed by atoms with Crippen molar-refractivity contribution in [3.63, 3.8) is 0 Å². The Balaban J connectivity index is 1.29. The fourth-order valence-electron chi connectivity index (χ4n) is 6.56. The van der Waals surface area contributed by atoms with E-state index in [4.69, 9.17) is 15.2 Å². The predicted molar refractivity (Wildman–Crippen MR) is 174 cm³/mol. The lowest BCUT2D eigenvalue weighted by Gasteiger charge is -2.45. The summed E-state index contributed by atoms with van der Waals surface area (Å²) >= 11 is 0. The molecule has 1 amide bonds. The first kappa shape index (κ1) is 31.0. The van der Waals surface area contributed by atoms with Crippen molar-refractivity contribution in [3.05, 3.63) is 83.1 Å². The number of nitrogen functional groups attached to an aromatic ring is 1. The number of nitrogens with two attached hydrogens (primary N) is 1. The minimum atomic E-state index is -0.528. The van der Waals surface area contributed by atoms with E-state index in [0.29, 0.717) is 61.0 Å². The summed E-state index contributed by atoms with van der Waals surface area (Å²) in [6, 6.07) is 18.6. The number of hydrogen-bond donors (Lipinski definition) is 1. The predicted octanol–water partition coefficient (Wildman–Crippen LogP) is 4.07. The summed E-state index contributed by atoms with van der Waals surface area (Å²) in [4.78, 5) is 40.5. The number of imidazole rings is 1. The molecule has 0 saturated carbocycles. The minimum absolute atomic E-state index is 0.0866. The van der Waals surface area contributed by atoms with Crippen molar-refractivity contribution in [3.8, 4) is 23.3 Å². The van der Waals surface area contributed by atoms with Gasteiger partial charge in [-0.05, 0) is 75.7 Å². The number of para-hydroxylation sites is 1. The van der Waals surface area contributed by atoms with Crippen LogP contribution < -0.4 is 16.2 Å². The van der Waals surface area contributed by atoms with Crippen molar-refractivity contribution >= 4 is 22.9 Å². The molecule has 0 bridgehead atoms. The van der Waals surface area contributed by atoms with Crippen molar-refractivity contribution in [2.45, 2.75) is 51.2 Å². The maximum atomic E-state index is 14.2. The lowest BCUT2D eigenvalue weighted by molar-refractivity contribution is -0.128. The van der Waals surface area contributed by atoms with Crippen molar-refractivity contribution in [1.29, 1.82) is 5.26 Å². The van der Waals surface area contributed by atoms with Crippen molar-refractivity contribution < 1.29 is 14.3 Å². The van der Waals surface area contributed by atoms with Gasteiger partial charge in [-0.2, -0.15) is 5.26 Å². The summed E-state index contributed by atoms with van der Waals surface area (Å²) in [6.45, 7) is 8.85. The van der Waals surface area contributed by atoms with E-state index in [1.54, 1.807) is 39.8 Å². The quantitative estimate of drug-likeness (QED) is 0.216. The number of aromatic nitrogens is 4. The van der Waals surface area contributed by atoms with Crippen LogP contribution in [0.1, 0.15) is 39.7 Å². The second-order valence-electron chi connectivity index (χ2n) is 12.2. The molecule has 2 aliphatic rings. The molecule has 2 saturated heterocycles. The lowest BCUT2D eigenvalue weighted by atomic mass is 9.95. The number of likely N-dealkylation sites (tertiary alicyclic amines) is 1. The summed E-state index contributed by atoms with van der Waals surface area (Å²) in [5.74, 6) is 1.14. The molecule has 4 heterocycles. The highest BCUT2D eigenvalue weighted by molar-refractivity contribution is 5.97. The van der Waals surface area contributed by atoms with Gasteiger partial charge in [-0.15, -0.1) is 0 Å². The first-order valence-corrected chi connectivity index (χ1v) is 15.5. The number of amides is 1. The number of rotatable bonds is 9. The molecule has 238 valence electrons. The third-order valence-electron chi connectivity index (χ3n) is 8.79. The molecule has 0 spiro atoms. The number of anilines is 1. The Labute approximate surface area is 267 Å². The highest BCUT2D eigenvalue weighted by Crippen LogP contribution is 2.30. The minimum Gasteiger partial charge on any atom is -0.457 e. The Morgan fingerprint density at radius 1 is 1.15 bits per heavy atom. The molecule has 12 nitrogen and oxygen atoms in total. The molecule has 0 radical (unpaired) electrons. The van der Waals surface area contributed by atoms with Gasteiger partial charge in [0.05, 0.1) is 31.0 Å². The number of likely N-dealkylation sites (N-methyl/N-ethyl adjacent to an activating group) is 1. The van der Waals surface area contributed by atoms with E-state index < -0.39 is 5.54 Å². The van der Waals surface area contributed by atoms with Crippen LogP contribution in [0, 0.1) is 11.3 Å². The zero-order chi connectivity index (χ0) is 32.4. The molecule has 2 aliphatic heterocycles. The third kappa shape index (κ3) is 5.87. The van der Waals surface area contributed by atoms with Crippen LogP contribution in [0.4, 0.5) is 5.82 Å². The maximum absolute atomic E-state index is 14.2. The normalized spacial score (nSPS) is 17.6. The Morgan fingerprint density at radius 2 is 1.87 bits per heavy atom. The highest BCUT2D eigenvalue weighted by Gasteiger charge is 2.36. The van der Waals surface area contributed by atoms with Crippen molar-refractivity contribution in [2.24, 2.45) is 0 Å². The first-order chi connectivity index (χ1) is 22.2.